The second-order valence-corrected chi connectivity index (χ2v) is 6.77. The van der Waals surface area contributed by atoms with E-state index in [1.165, 1.54) is 0 Å². The molecular formula is C18H21N3O4. The van der Waals surface area contributed by atoms with E-state index in [4.69, 9.17) is 10.00 Å². The van der Waals surface area contributed by atoms with Gasteiger partial charge in [0.2, 0.25) is 0 Å². The number of aliphatic hydroxyl groups excluding tert-OH is 1. The zero-order chi connectivity index (χ0) is 18.0. The highest BCUT2D eigenvalue weighted by atomic mass is 16.5. The standard InChI is InChI=1S/C18H21N3O4/c1-18(13-4-5-13)16(23)21(17(24)20-18)10-14(22)11-25-15-6-2-12(3-7-15)8-9-19/h2-3,6-7,13-14,22H,4-5,8,10-11H2,1H3,(H,20,24)/t14-,18+/m0/s1. The van der Waals surface area contributed by atoms with Crippen LogP contribution in [0.2, 0.25) is 0 Å². The van der Waals surface area contributed by atoms with Gasteiger partial charge in [-0.1, -0.05) is 12.1 Å². The Morgan fingerprint density at radius 1 is 1.40 bits per heavy atom. The lowest BCUT2D eigenvalue weighted by atomic mass is 9.96. The van der Waals surface area contributed by atoms with Crippen molar-refractivity contribution in [3.63, 3.8) is 0 Å². The lowest BCUT2D eigenvalue weighted by Gasteiger charge is -2.22. The molecule has 2 N–H and O–H groups in total. The lowest BCUT2D eigenvalue weighted by molar-refractivity contribution is -0.132. The molecule has 1 heterocycles. The van der Waals surface area contributed by atoms with Gasteiger partial charge in [0.1, 0.15) is 24.0 Å². The van der Waals surface area contributed by atoms with Crippen molar-refractivity contribution < 1.29 is 19.4 Å². The minimum absolute atomic E-state index is 0.0329. The van der Waals surface area contributed by atoms with Crippen molar-refractivity contribution in [1.29, 1.82) is 5.26 Å². The zero-order valence-corrected chi connectivity index (χ0v) is 14.1. The van der Waals surface area contributed by atoms with Crippen LogP contribution in [0, 0.1) is 17.2 Å². The number of carbonyl (C=O) groups excluding carboxylic acids is 2. The van der Waals surface area contributed by atoms with E-state index >= 15 is 0 Å². The maximum atomic E-state index is 12.5. The van der Waals surface area contributed by atoms with Gasteiger partial charge >= 0.3 is 6.03 Å². The van der Waals surface area contributed by atoms with Gasteiger partial charge in [-0.25, -0.2) is 4.79 Å². The first-order chi connectivity index (χ1) is 11.9. The quantitative estimate of drug-likeness (QED) is 0.725. The van der Waals surface area contributed by atoms with Gasteiger partial charge in [0.05, 0.1) is 19.0 Å². The zero-order valence-electron chi connectivity index (χ0n) is 14.1. The summed E-state index contributed by atoms with van der Waals surface area (Å²) >= 11 is 0. The van der Waals surface area contributed by atoms with E-state index in [0.29, 0.717) is 12.2 Å². The Balaban J connectivity index is 1.52. The van der Waals surface area contributed by atoms with E-state index < -0.39 is 17.7 Å². The number of nitrogens with one attached hydrogen (secondary N) is 1. The Hall–Kier alpha value is -2.59. The molecule has 2 fully saturated rings. The van der Waals surface area contributed by atoms with Gasteiger partial charge in [0.25, 0.3) is 5.91 Å². The van der Waals surface area contributed by atoms with Crippen molar-refractivity contribution in [2.75, 3.05) is 13.2 Å². The summed E-state index contributed by atoms with van der Waals surface area (Å²) in [7, 11) is 0. The lowest BCUT2D eigenvalue weighted by Crippen LogP contribution is -2.46. The van der Waals surface area contributed by atoms with Gasteiger partial charge in [-0.05, 0) is 43.4 Å². The van der Waals surface area contributed by atoms with E-state index in [9.17, 15) is 14.7 Å². The summed E-state index contributed by atoms with van der Waals surface area (Å²) in [4.78, 5) is 25.6. The van der Waals surface area contributed by atoms with E-state index in [1.54, 1.807) is 31.2 Å². The van der Waals surface area contributed by atoms with Crippen LogP contribution in [0.1, 0.15) is 25.3 Å². The number of carbonyl (C=O) groups is 2. The Bertz CT molecular complexity index is 708. The molecule has 0 bridgehead atoms. The SMILES string of the molecule is C[C@]1(C2CC2)NC(=O)N(C[C@H](O)COc2ccc(CC#N)cc2)C1=O. The van der Waals surface area contributed by atoms with Crippen molar-refractivity contribution in [3.8, 4) is 11.8 Å². The van der Waals surface area contributed by atoms with Crippen LogP contribution in [0.3, 0.4) is 0 Å². The maximum Gasteiger partial charge on any atom is 0.325 e. The molecule has 1 aliphatic carbocycles. The van der Waals surface area contributed by atoms with Crippen molar-refractivity contribution in [1.82, 2.24) is 10.2 Å². The fourth-order valence-corrected chi connectivity index (χ4v) is 3.07. The second-order valence-electron chi connectivity index (χ2n) is 6.77. The average Bonchev–Trinajstić information content (AvgIpc) is 3.41. The molecule has 1 saturated heterocycles. The van der Waals surface area contributed by atoms with Crippen LogP contribution in [0.4, 0.5) is 4.79 Å². The van der Waals surface area contributed by atoms with Crippen molar-refractivity contribution in [2.45, 2.75) is 37.8 Å². The Labute approximate surface area is 146 Å². The smallest absolute Gasteiger partial charge is 0.325 e. The predicted molar refractivity (Wildman–Crippen MR) is 88.6 cm³/mol. The number of urea groups is 1. The fraction of sp³-hybridized carbons (Fsp3) is 0.500. The molecule has 2 atom stereocenters. The van der Waals surface area contributed by atoms with Gasteiger partial charge < -0.3 is 15.2 Å². The summed E-state index contributed by atoms with van der Waals surface area (Å²) < 4.78 is 5.49. The maximum absolute atomic E-state index is 12.5. The summed E-state index contributed by atoms with van der Waals surface area (Å²) in [5, 5.41) is 21.5. The molecule has 1 aromatic carbocycles. The summed E-state index contributed by atoms with van der Waals surface area (Å²) in [6.45, 7) is 1.62. The van der Waals surface area contributed by atoms with Crippen molar-refractivity contribution in [3.05, 3.63) is 29.8 Å². The molecule has 2 aliphatic rings. The molecule has 1 saturated carbocycles. The summed E-state index contributed by atoms with van der Waals surface area (Å²) in [6.07, 6.45) is 1.22. The third-order valence-corrected chi connectivity index (χ3v) is 4.74. The molecular weight excluding hydrogens is 322 g/mol. The first-order valence-corrected chi connectivity index (χ1v) is 8.35. The number of rotatable bonds is 7. The third kappa shape index (κ3) is 3.59. The molecule has 3 amide bonds. The number of aliphatic hydroxyl groups is 1. The molecule has 7 heteroatoms. The number of imide groups is 1. The molecule has 1 aliphatic heterocycles. The minimum Gasteiger partial charge on any atom is -0.491 e. The topological polar surface area (TPSA) is 103 Å². The summed E-state index contributed by atoms with van der Waals surface area (Å²) in [6, 6.07) is 8.61. The Morgan fingerprint density at radius 2 is 2.08 bits per heavy atom. The number of benzene rings is 1. The van der Waals surface area contributed by atoms with Crippen LogP contribution in [0.5, 0.6) is 5.75 Å². The van der Waals surface area contributed by atoms with Crippen molar-refractivity contribution >= 4 is 11.9 Å². The van der Waals surface area contributed by atoms with Crippen LogP contribution < -0.4 is 10.1 Å². The summed E-state index contributed by atoms with van der Waals surface area (Å²) in [5.41, 5.74) is 0.0444. The highest BCUT2D eigenvalue weighted by Crippen LogP contribution is 2.42. The molecule has 7 nitrogen and oxygen atoms in total. The number of hydrogen-bond donors (Lipinski definition) is 2. The molecule has 0 radical (unpaired) electrons. The monoisotopic (exact) mass is 343 g/mol. The number of hydrogen-bond acceptors (Lipinski definition) is 5. The first-order valence-electron chi connectivity index (χ1n) is 8.35. The van der Waals surface area contributed by atoms with Gasteiger partial charge in [-0.2, -0.15) is 5.26 Å². The third-order valence-electron chi connectivity index (χ3n) is 4.74. The number of ether oxygens (including phenoxy) is 1. The largest absolute Gasteiger partial charge is 0.491 e. The van der Waals surface area contributed by atoms with Crippen LogP contribution in [-0.2, 0) is 11.2 Å². The highest BCUT2D eigenvalue weighted by Gasteiger charge is 2.56. The Kier molecular flexibility index (Phi) is 4.64. The highest BCUT2D eigenvalue weighted by molar-refractivity contribution is 6.07. The molecule has 0 aromatic heterocycles. The predicted octanol–water partition coefficient (Wildman–Crippen LogP) is 1.21. The number of nitriles is 1. The molecule has 1 aromatic rings. The van der Waals surface area contributed by atoms with E-state index in [1.807, 2.05) is 0 Å². The van der Waals surface area contributed by atoms with Crippen LogP contribution in [0.25, 0.3) is 0 Å². The number of nitrogens with zero attached hydrogens (tertiary/aromatic N) is 2. The van der Waals surface area contributed by atoms with Crippen LogP contribution >= 0.6 is 0 Å². The van der Waals surface area contributed by atoms with Gasteiger partial charge in [0.15, 0.2) is 0 Å². The fourth-order valence-electron chi connectivity index (χ4n) is 3.07. The molecule has 25 heavy (non-hydrogen) atoms. The molecule has 3 rings (SSSR count). The molecule has 132 valence electrons. The van der Waals surface area contributed by atoms with Crippen molar-refractivity contribution in [2.24, 2.45) is 5.92 Å². The van der Waals surface area contributed by atoms with Gasteiger partial charge in [-0.3, -0.25) is 9.69 Å². The minimum atomic E-state index is -0.977. The number of β-amino-alcohol motifs (C(OH)–C–C–N with tert-alkyl or cyclic N) is 1. The van der Waals surface area contributed by atoms with Crippen LogP contribution in [-0.4, -0.2) is 46.7 Å². The van der Waals surface area contributed by atoms with Gasteiger partial charge in [0, 0.05) is 0 Å². The molecule has 0 spiro atoms. The average molecular weight is 343 g/mol. The normalized spacial score (nSPS) is 24.0. The van der Waals surface area contributed by atoms with E-state index in [0.717, 1.165) is 23.3 Å². The second kappa shape index (κ2) is 6.73. The van der Waals surface area contributed by atoms with Crippen LogP contribution in [0.15, 0.2) is 24.3 Å². The number of amides is 3. The van der Waals surface area contributed by atoms with Gasteiger partial charge in [-0.15, -0.1) is 0 Å². The summed E-state index contributed by atoms with van der Waals surface area (Å²) in [5.74, 6) is 0.468. The van der Waals surface area contributed by atoms with E-state index in [2.05, 4.69) is 11.4 Å². The van der Waals surface area contributed by atoms with E-state index in [-0.39, 0.29) is 25.0 Å². The first kappa shape index (κ1) is 17.2. The molecule has 0 unspecified atom stereocenters. The Morgan fingerprint density at radius 3 is 2.68 bits per heavy atom.